The Labute approximate surface area is 124 Å². The van der Waals surface area contributed by atoms with E-state index >= 15 is 0 Å². The van der Waals surface area contributed by atoms with Crippen LogP contribution in [0.1, 0.15) is 17.5 Å². The maximum atomic E-state index is 11.7. The Morgan fingerprint density at radius 2 is 1.40 bits per heavy atom. The minimum atomic E-state index is -0.862. The highest BCUT2D eigenvalue weighted by Gasteiger charge is 2.50. The van der Waals surface area contributed by atoms with Crippen LogP contribution in [0.3, 0.4) is 0 Å². The van der Waals surface area contributed by atoms with Crippen molar-refractivity contribution in [2.75, 3.05) is 0 Å². The number of esters is 1. The van der Waals surface area contributed by atoms with Gasteiger partial charge >= 0.3 is 5.97 Å². The van der Waals surface area contributed by atoms with Crippen LogP contribution in [0.25, 0.3) is 0 Å². The lowest BCUT2D eigenvalue weighted by Crippen LogP contribution is -2.43. The molecule has 1 saturated heterocycles. The van der Waals surface area contributed by atoms with E-state index in [1.165, 1.54) is 0 Å². The van der Waals surface area contributed by atoms with Crippen molar-refractivity contribution in [1.82, 2.24) is 0 Å². The summed E-state index contributed by atoms with van der Waals surface area (Å²) in [5, 5.41) is 0. The van der Waals surface area contributed by atoms with E-state index in [9.17, 15) is 4.79 Å². The first-order valence-electron chi connectivity index (χ1n) is 6.32. The van der Waals surface area contributed by atoms with Gasteiger partial charge in [-0.05, 0) is 0 Å². The molecule has 0 bridgehead atoms. The third-order valence-electron chi connectivity index (χ3n) is 3.59. The number of hydrogen-bond acceptors (Lipinski definition) is 3. The second kappa shape index (κ2) is 5.65. The van der Waals surface area contributed by atoms with E-state index in [0.29, 0.717) is 0 Å². The lowest BCUT2D eigenvalue weighted by molar-refractivity contribution is -0.146. The van der Waals surface area contributed by atoms with E-state index in [1.54, 1.807) is 0 Å². The lowest BCUT2D eigenvalue weighted by Gasteiger charge is -2.32. The normalized spacial score (nSPS) is 20.1. The van der Waals surface area contributed by atoms with Gasteiger partial charge in [0.05, 0.1) is 12.5 Å². The van der Waals surface area contributed by atoms with Crippen molar-refractivity contribution in [2.24, 2.45) is 5.73 Å². The van der Waals surface area contributed by atoms with E-state index in [-0.39, 0.29) is 30.8 Å². The fourth-order valence-corrected chi connectivity index (χ4v) is 2.70. The molecule has 20 heavy (non-hydrogen) atoms. The summed E-state index contributed by atoms with van der Waals surface area (Å²) in [6.07, 6.45) is 0.240. The highest BCUT2D eigenvalue weighted by atomic mass is 35.5. The predicted octanol–water partition coefficient (Wildman–Crippen LogP) is 2.63. The van der Waals surface area contributed by atoms with Crippen molar-refractivity contribution in [1.29, 1.82) is 0 Å². The highest BCUT2D eigenvalue weighted by Crippen LogP contribution is 2.41. The second-order valence-electron chi connectivity index (χ2n) is 4.75. The maximum absolute atomic E-state index is 11.7. The summed E-state index contributed by atoms with van der Waals surface area (Å²) in [5.74, 6) is -0.250. The number of halogens is 1. The summed E-state index contributed by atoms with van der Waals surface area (Å²) in [6, 6.07) is 19.0. The largest absolute Gasteiger partial charge is 0.447 e. The Morgan fingerprint density at radius 3 is 1.75 bits per heavy atom. The molecular formula is C16H16ClNO2. The SMILES string of the molecule is Cl.NC1CC(=O)OC1(c1ccccc1)c1ccccc1. The van der Waals surface area contributed by atoms with Gasteiger partial charge < -0.3 is 10.5 Å². The first kappa shape index (κ1) is 14.6. The standard InChI is InChI=1S/C16H15NO2.ClH/c17-14-11-15(18)19-16(14,12-7-3-1-4-8-12)13-9-5-2-6-10-13;/h1-10,14H,11,17H2;1H. The third kappa shape index (κ3) is 2.19. The Kier molecular flexibility index (Phi) is 4.12. The average Bonchev–Trinajstić information content (AvgIpc) is 2.76. The van der Waals surface area contributed by atoms with Gasteiger partial charge in [-0.1, -0.05) is 60.7 Å². The van der Waals surface area contributed by atoms with Crippen LogP contribution in [-0.2, 0) is 15.1 Å². The Bertz CT molecular complexity index is 546. The maximum Gasteiger partial charge on any atom is 0.308 e. The Morgan fingerprint density at radius 1 is 0.950 bits per heavy atom. The summed E-state index contributed by atoms with van der Waals surface area (Å²) in [7, 11) is 0. The van der Waals surface area contributed by atoms with Crippen molar-refractivity contribution >= 4 is 18.4 Å². The van der Waals surface area contributed by atoms with Crippen LogP contribution in [-0.4, -0.2) is 12.0 Å². The van der Waals surface area contributed by atoms with Crippen molar-refractivity contribution in [2.45, 2.75) is 18.1 Å². The molecule has 1 heterocycles. The lowest BCUT2D eigenvalue weighted by atomic mass is 9.81. The molecule has 2 N–H and O–H groups in total. The molecule has 1 aliphatic rings. The van der Waals surface area contributed by atoms with Crippen LogP contribution in [0.15, 0.2) is 60.7 Å². The number of hydrogen-bond donors (Lipinski definition) is 1. The molecule has 0 saturated carbocycles. The van der Waals surface area contributed by atoms with Crippen LogP contribution in [0, 0.1) is 0 Å². The van der Waals surface area contributed by atoms with Crippen LogP contribution >= 0.6 is 12.4 Å². The highest BCUT2D eigenvalue weighted by molar-refractivity contribution is 5.85. The summed E-state index contributed by atoms with van der Waals surface area (Å²) < 4.78 is 5.67. The molecule has 0 radical (unpaired) electrons. The van der Waals surface area contributed by atoms with Gasteiger partial charge in [0.25, 0.3) is 0 Å². The smallest absolute Gasteiger partial charge is 0.308 e. The summed E-state index contributed by atoms with van der Waals surface area (Å²) in [6.45, 7) is 0. The van der Waals surface area contributed by atoms with Crippen LogP contribution < -0.4 is 5.73 Å². The van der Waals surface area contributed by atoms with Crippen molar-refractivity contribution in [3.05, 3.63) is 71.8 Å². The van der Waals surface area contributed by atoms with E-state index in [0.717, 1.165) is 11.1 Å². The molecule has 1 unspecified atom stereocenters. The molecule has 104 valence electrons. The molecule has 1 fully saturated rings. The molecule has 0 amide bonds. The van der Waals surface area contributed by atoms with E-state index in [1.807, 2.05) is 60.7 Å². The molecule has 0 aliphatic carbocycles. The van der Waals surface area contributed by atoms with Gasteiger partial charge in [0.2, 0.25) is 0 Å². The third-order valence-corrected chi connectivity index (χ3v) is 3.59. The number of cyclic esters (lactones) is 1. The fraction of sp³-hybridized carbons (Fsp3) is 0.188. The molecule has 1 aliphatic heterocycles. The molecular weight excluding hydrogens is 274 g/mol. The molecule has 0 aromatic heterocycles. The number of ether oxygens (including phenoxy) is 1. The van der Waals surface area contributed by atoms with Crippen molar-refractivity contribution in [3.8, 4) is 0 Å². The molecule has 3 nitrogen and oxygen atoms in total. The first-order valence-corrected chi connectivity index (χ1v) is 6.32. The van der Waals surface area contributed by atoms with Crippen LogP contribution in [0.5, 0.6) is 0 Å². The van der Waals surface area contributed by atoms with Crippen LogP contribution in [0.2, 0.25) is 0 Å². The van der Waals surface area contributed by atoms with Gasteiger partial charge in [0, 0.05) is 11.1 Å². The quantitative estimate of drug-likeness (QED) is 0.865. The first-order chi connectivity index (χ1) is 9.23. The van der Waals surface area contributed by atoms with Crippen LogP contribution in [0.4, 0.5) is 0 Å². The molecule has 3 rings (SSSR count). The predicted molar refractivity (Wildman–Crippen MR) is 79.6 cm³/mol. The zero-order valence-electron chi connectivity index (χ0n) is 10.9. The fourth-order valence-electron chi connectivity index (χ4n) is 2.70. The minimum Gasteiger partial charge on any atom is -0.447 e. The van der Waals surface area contributed by atoms with E-state index < -0.39 is 5.60 Å². The number of benzene rings is 2. The molecule has 0 spiro atoms. The number of carbonyl (C=O) groups excluding carboxylic acids is 1. The van der Waals surface area contributed by atoms with Crippen molar-refractivity contribution < 1.29 is 9.53 Å². The van der Waals surface area contributed by atoms with Crippen molar-refractivity contribution in [3.63, 3.8) is 0 Å². The zero-order chi connectivity index (χ0) is 13.3. The summed E-state index contributed by atoms with van der Waals surface area (Å²) in [5.41, 5.74) is 7.19. The number of carbonyl (C=O) groups is 1. The minimum absolute atomic E-state index is 0. The van der Waals surface area contributed by atoms with Gasteiger partial charge in [-0.2, -0.15) is 0 Å². The monoisotopic (exact) mass is 289 g/mol. The molecule has 2 aromatic carbocycles. The summed E-state index contributed by atoms with van der Waals surface area (Å²) in [4.78, 5) is 11.7. The Balaban J connectivity index is 0.00000147. The average molecular weight is 290 g/mol. The van der Waals surface area contributed by atoms with Gasteiger partial charge in [0.1, 0.15) is 0 Å². The molecule has 1 atom stereocenters. The zero-order valence-corrected chi connectivity index (χ0v) is 11.7. The van der Waals surface area contributed by atoms with E-state index in [4.69, 9.17) is 10.5 Å². The molecule has 4 heteroatoms. The Hall–Kier alpha value is -1.84. The van der Waals surface area contributed by atoms with Gasteiger partial charge in [-0.3, -0.25) is 4.79 Å². The molecule has 2 aromatic rings. The second-order valence-corrected chi connectivity index (χ2v) is 4.75. The van der Waals surface area contributed by atoms with E-state index in [2.05, 4.69) is 0 Å². The van der Waals surface area contributed by atoms with Gasteiger partial charge in [-0.15, -0.1) is 12.4 Å². The number of nitrogens with two attached hydrogens (primary N) is 1. The topological polar surface area (TPSA) is 52.3 Å². The summed E-state index contributed by atoms with van der Waals surface area (Å²) >= 11 is 0. The number of rotatable bonds is 2. The van der Waals surface area contributed by atoms with Gasteiger partial charge in [0.15, 0.2) is 5.60 Å². The van der Waals surface area contributed by atoms with Gasteiger partial charge in [-0.25, -0.2) is 0 Å².